The van der Waals surface area contributed by atoms with Crippen LogP contribution in [0.2, 0.25) is 10.0 Å². The summed E-state index contributed by atoms with van der Waals surface area (Å²) in [6.45, 7) is -0.250. The van der Waals surface area contributed by atoms with Crippen LogP contribution < -0.4 is 16.4 Å². The number of rotatable bonds is 5. The molecule has 0 aromatic heterocycles. The number of hydrogen-bond acceptors (Lipinski definition) is 4. The van der Waals surface area contributed by atoms with Crippen LogP contribution in [0.5, 0.6) is 0 Å². The molecular formula is C12H14Cl2N4O3. The predicted molar refractivity (Wildman–Crippen MR) is 80.3 cm³/mol. The Morgan fingerprint density at radius 1 is 1.14 bits per heavy atom. The van der Waals surface area contributed by atoms with E-state index in [9.17, 15) is 14.4 Å². The minimum atomic E-state index is -0.944. The first-order valence-electron chi connectivity index (χ1n) is 5.81. The van der Waals surface area contributed by atoms with Crippen LogP contribution in [-0.4, -0.2) is 42.9 Å². The van der Waals surface area contributed by atoms with Gasteiger partial charge in [-0.1, -0.05) is 29.3 Å². The fourth-order valence-electron chi connectivity index (χ4n) is 1.52. The number of para-hydroxylation sites is 1. The monoisotopic (exact) mass is 332 g/mol. The molecule has 4 amide bonds. The maximum atomic E-state index is 11.8. The first-order valence-corrected chi connectivity index (χ1v) is 6.57. The molecule has 21 heavy (non-hydrogen) atoms. The number of nitrogens with one attached hydrogen (secondary N) is 2. The Labute approximate surface area is 131 Å². The van der Waals surface area contributed by atoms with Gasteiger partial charge in [0.25, 0.3) is 0 Å². The Kier molecular flexibility index (Phi) is 6.41. The van der Waals surface area contributed by atoms with Gasteiger partial charge >= 0.3 is 6.03 Å². The maximum absolute atomic E-state index is 11.8. The molecule has 1 aromatic carbocycles. The predicted octanol–water partition coefficient (Wildman–Crippen LogP) is 1.06. The Bertz CT molecular complexity index is 545. The smallest absolute Gasteiger partial charge is 0.318 e. The first kappa shape index (κ1) is 17.2. The van der Waals surface area contributed by atoms with Crippen LogP contribution in [0.1, 0.15) is 0 Å². The van der Waals surface area contributed by atoms with Crippen molar-refractivity contribution in [2.24, 2.45) is 5.73 Å². The lowest BCUT2D eigenvalue weighted by atomic mass is 10.3. The molecule has 7 nitrogen and oxygen atoms in total. The molecule has 114 valence electrons. The van der Waals surface area contributed by atoms with Gasteiger partial charge in [0.1, 0.15) is 0 Å². The van der Waals surface area contributed by atoms with Gasteiger partial charge in [0, 0.05) is 0 Å². The summed E-state index contributed by atoms with van der Waals surface area (Å²) in [6.07, 6.45) is 0. The van der Waals surface area contributed by atoms with Crippen molar-refractivity contribution in [2.45, 2.75) is 0 Å². The van der Waals surface area contributed by atoms with Crippen molar-refractivity contribution in [1.29, 1.82) is 0 Å². The summed E-state index contributed by atoms with van der Waals surface area (Å²) in [4.78, 5) is 35.0. The van der Waals surface area contributed by atoms with Gasteiger partial charge in [-0.3, -0.25) is 19.8 Å². The molecule has 0 bridgehead atoms. The van der Waals surface area contributed by atoms with Gasteiger partial charge in [0.05, 0.1) is 28.8 Å². The van der Waals surface area contributed by atoms with Crippen molar-refractivity contribution in [1.82, 2.24) is 10.2 Å². The number of hydrogen-bond donors (Lipinski definition) is 3. The van der Waals surface area contributed by atoms with E-state index in [0.29, 0.717) is 15.7 Å². The zero-order valence-electron chi connectivity index (χ0n) is 11.2. The highest BCUT2D eigenvalue weighted by atomic mass is 35.5. The number of carbonyl (C=O) groups excluding carboxylic acids is 3. The second kappa shape index (κ2) is 7.82. The Morgan fingerprint density at radius 3 is 2.19 bits per heavy atom. The zero-order valence-corrected chi connectivity index (χ0v) is 12.7. The Morgan fingerprint density at radius 2 is 1.67 bits per heavy atom. The largest absolute Gasteiger partial charge is 0.351 e. The third kappa shape index (κ3) is 5.99. The number of likely N-dealkylation sites (N-methyl/N-ethyl adjacent to an activating group) is 1. The highest BCUT2D eigenvalue weighted by Crippen LogP contribution is 2.29. The summed E-state index contributed by atoms with van der Waals surface area (Å²) in [5, 5.41) is 5.08. The van der Waals surface area contributed by atoms with E-state index in [1.165, 1.54) is 11.9 Å². The molecule has 0 unspecified atom stereocenters. The summed E-state index contributed by atoms with van der Waals surface area (Å²) >= 11 is 11.8. The standard InChI is InChI=1S/C12H14Cl2N4O3/c1-18(6-10(20)17-12(15)21)5-9(19)16-11-7(13)3-2-4-8(11)14/h2-4H,5-6H2,1H3,(H,16,19)(H3,15,17,20,21). The van der Waals surface area contributed by atoms with E-state index < -0.39 is 17.8 Å². The van der Waals surface area contributed by atoms with Gasteiger partial charge in [-0.2, -0.15) is 0 Å². The van der Waals surface area contributed by atoms with Crippen LogP contribution in [0, 0.1) is 0 Å². The summed E-state index contributed by atoms with van der Waals surface area (Å²) in [7, 11) is 1.54. The molecule has 0 fully saturated rings. The maximum Gasteiger partial charge on any atom is 0.318 e. The summed E-state index contributed by atoms with van der Waals surface area (Å²) in [5.74, 6) is -1.01. The Balaban J connectivity index is 2.54. The quantitative estimate of drug-likeness (QED) is 0.749. The van der Waals surface area contributed by atoms with E-state index in [1.54, 1.807) is 18.2 Å². The molecule has 0 saturated carbocycles. The summed E-state index contributed by atoms with van der Waals surface area (Å²) < 4.78 is 0. The van der Waals surface area contributed by atoms with Gasteiger partial charge < -0.3 is 11.1 Å². The van der Waals surface area contributed by atoms with E-state index in [4.69, 9.17) is 28.9 Å². The molecule has 1 aromatic rings. The van der Waals surface area contributed by atoms with E-state index in [0.717, 1.165) is 0 Å². The fourth-order valence-corrected chi connectivity index (χ4v) is 2.01. The molecule has 9 heteroatoms. The number of primary amides is 1. The number of nitrogens with zero attached hydrogens (tertiary/aromatic N) is 1. The van der Waals surface area contributed by atoms with Crippen LogP contribution in [0.25, 0.3) is 0 Å². The van der Waals surface area contributed by atoms with Crippen molar-refractivity contribution < 1.29 is 14.4 Å². The molecule has 0 aliphatic carbocycles. The lowest BCUT2D eigenvalue weighted by molar-refractivity contribution is -0.122. The number of benzene rings is 1. The normalized spacial score (nSPS) is 10.3. The first-order chi connectivity index (χ1) is 9.79. The second-order valence-electron chi connectivity index (χ2n) is 4.23. The Hall–Kier alpha value is -1.83. The van der Waals surface area contributed by atoms with E-state index in [2.05, 4.69) is 5.32 Å². The number of carbonyl (C=O) groups is 3. The van der Waals surface area contributed by atoms with E-state index >= 15 is 0 Å². The molecule has 0 saturated heterocycles. The summed E-state index contributed by atoms with van der Waals surface area (Å²) in [5.41, 5.74) is 5.11. The molecule has 0 aliphatic heterocycles. The van der Waals surface area contributed by atoms with Crippen LogP contribution in [0.15, 0.2) is 18.2 Å². The molecule has 0 aliphatic rings. The highest BCUT2D eigenvalue weighted by molar-refractivity contribution is 6.39. The van der Waals surface area contributed by atoms with Crippen LogP contribution in [-0.2, 0) is 9.59 Å². The van der Waals surface area contributed by atoms with Gasteiger partial charge in [-0.25, -0.2) is 4.79 Å². The van der Waals surface area contributed by atoms with Crippen molar-refractivity contribution in [3.63, 3.8) is 0 Å². The summed E-state index contributed by atoms with van der Waals surface area (Å²) in [6, 6.07) is 3.89. The lowest BCUT2D eigenvalue weighted by Crippen LogP contribution is -2.43. The number of amides is 4. The number of anilines is 1. The molecule has 0 heterocycles. The number of imide groups is 1. The topological polar surface area (TPSA) is 105 Å². The van der Waals surface area contributed by atoms with Gasteiger partial charge in [0.2, 0.25) is 11.8 Å². The lowest BCUT2D eigenvalue weighted by Gasteiger charge is -2.16. The highest BCUT2D eigenvalue weighted by Gasteiger charge is 2.14. The van der Waals surface area contributed by atoms with E-state index in [-0.39, 0.29) is 13.1 Å². The van der Waals surface area contributed by atoms with Gasteiger partial charge in [0.15, 0.2) is 0 Å². The van der Waals surface area contributed by atoms with Crippen molar-refractivity contribution >= 4 is 46.7 Å². The average molecular weight is 333 g/mol. The van der Waals surface area contributed by atoms with Crippen LogP contribution in [0.3, 0.4) is 0 Å². The third-order valence-corrected chi connectivity index (χ3v) is 2.95. The SMILES string of the molecule is CN(CC(=O)NC(N)=O)CC(=O)Nc1c(Cl)cccc1Cl. The zero-order chi connectivity index (χ0) is 16.0. The molecule has 4 N–H and O–H groups in total. The molecular weight excluding hydrogens is 319 g/mol. The number of nitrogens with two attached hydrogens (primary N) is 1. The second-order valence-corrected chi connectivity index (χ2v) is 5.04. The van der Waals surface area contributed by atoms with Gasteiger partial charge in [-0.05, 0) is 19.2 Å². The molecule has 0 atom stereocenters. The fraction of sp³-hybridized carbons (Fsp3) is 0.250. The average Bonchev–Trinajstić information content (AvgIpc) is 2.32. The third-order valence-electron chi connectivity index (χ3n) is 2.32. The van der Waals surface area contributed by atoms with Crippen LogP contribution in [0.4, 0.5) is 10.5 Å². The number of halogens is 2. The van der Waals surface area contributed by atoms with Crippen LogP contribution >= 0.6 is 23.2 Å². The molecule has 0 spiro atoms. The van der Waals surface area contributed by atoms with E-state index in [1.807, 2.05) is 5.32 Å². The minimum Gasteiger partial charge on any atom is -0.351 e. The molecule has 0 radical (unpaired) electrons. The molecule has 1 rings (SSSR count). The number of urea groups is 1. The minimum absolute atomic E-state index is 0.0895. The van der Waals surface area contributed by atoms with Gasteiger partial charge in [-0.15, -0.1) is 0 Å². The van der Waals surface area contributed by atoms with Crippen molar-refractivity contribution in [2.75, 3.05) is 25.5 Å². The van der Waals surface area contributed by atoms with Crippen molar-refractivity contribution in [3.8, 4) is 0 Å². The van der Waals surface area contributed by atoms with Crippen molar-refractivity contribution in [3.05, 3.63) is 28.2 Å².